The second-order valence-electron chi connectivity index (χ2n) is 6.70. The number of aromatic nitrogens is 4. The van der Waals surface area contributed by atoms with Gasteiger partial charge in [0.05, 0.1) is 5.92 Å². The van der Waals surface area contributed by atoms with Crippen LogP contribution in [0.1, 0.15) is 52.3 Å². The van der Waals surface area contributed by atoms with Crippen LogP contribution in [0, 0.1) is 5.92 Å². The van der Waals surface area contributed by atoms with Crippen LogP contribution in [0.15, 0.2) is 5.16 Å². The van der Waals surface area contributed by atoms with Crippen LogP contribution in [0.5, 0.6) is 0 Å². The molecule has 3 rings (SSSR count). The van der Waals surface area contributed by atoms with Gasteiger partial charge in [0, 0.05) is 12.8 Å². The van der Waals surface area contributed by atoms with E-state index in [0.29, 0.717) is 24.4 Å². The molecule has 0 radical (unpaired) electrons. The molecule has 1 saturated carbocycles. The summed E-state index contributed by atoms with van der Waals surface area (Å²) in [7, 11) is 0. The van der Waals surface area contributed by atoms with Gasteiger partial charge < -0.3 is 9.57 Å². The van der Waals surface area contributed by atoms with E-state index >= 15 is 0 Å². The number of oxime groups is 1. The quantitative estimate of drug-likeness (QED) is 0.822. The number of carbonyl (C=O) groups is 1. The molecular weight excluding hydrogens is 274 g/mol. The van der Waals surface area contributed by atoms with Gasteiger partial charge in [0.25, 0.3) is 0 Å². The maximum atomic E-state index is 12.2. The molecule has 2 heterocycles. The summed E-state index contributed by atoms with van der Waals surface area (Å²) in [6.45, 7) is 5.62. The minimum atomic E-state index is -0.463. The van der Waals surface area contributed by atoms with E-state index in [-0.39, 0.29) is 11.9 Å². The number of H-pyrrole nitrogens is 1. The van der Waals surface area contributed by atoms with Crippen LogP contribution in [0.2, 0.25) is 0 Å². The molecule has 2 aliphatic rings. The third-order valence-corrected chi connectivity index (χ3v) is 3.75. The summed E-state index contributed by atoms with van der Waals surface area (Å²) < 4.78 is 5.45. The van der Waals surface area contributed by atoms with Gasteiger partial charge in [0.1, 0.15) is 16.9 Å². The topological polar surface area (TPSA) is 102 Å². The first kappa shape index (κ1) is 14.0. The fourth-order valence-corrected chi connectivity index (χ4v) is 2.85. The Morgan fingerprint density at radius 2 is 2.29 bits per heavy atom. The summed E-state index contributed by atoms with van der Waals surface area (Å²) in [5, 5.41) is 17.8. The van der Waals surface area contributed by atoms with Crippen molar-refractivity contribution in [3.63, 3.8) is 0 Å². The second kappa shape index (κ2) is 4.78. The van der Waals surface area contributed by atoms with Gasteiger partial charge in [-0.3, -0.25) is 4.79 Å². The van der Waals surface area contributed by atoms with Crippen molar-refractivity contribution in [2.75, 3.05) is 0 Å². The van der Waals surface area contributed by atoms with Crippen LogP contribution < -0.4 is 0 Å². The lowest BCUT2D eigenvalue weighted by Crippen LogP contribution is -2.30. The van der Waals surface area contributed by atoms with Gasteiger partial charge in [0.15, 0.2) is 0 Å². The van der Waals surface area contributed by atoms with E-state index in [1.54, 1.807) is 0 Å². The number of aromatic amines is 1. The molecule has 114 valence electrons. The first-order valence-corrected chi connectivity index (χ1v) is 7.09. The molecule has 0 amide bonds. The van der Waals surface area contributed by atoms with Crippen LogP contribution in [0.4, 0.5) is 0 Å². The minimum Gasteiger partial charge on any atom is -0.460 e. The van der Waals surface area contributed by atoms with Gasteiger partial charge in [-0.1, -0.05) is 5.16 Å². The molecule has 2 unspecified atom stereocenters. The van der Waals surface area contributed by atoms with E-state index in [4.69, 9.17) is 9.57 Å². The van der Waals surface area contributed by atoms with Gasteiger partial charge in [-0.15, -0.1) is 10.2 Å². The number of nitrogens with one attached hydrogen (secondary N) is 1. The average molecular weight is 293 g/mol. The number of esters is 1. The number of carbonyl (C=O) groups excluding carboxylic acids is 1. The van der Waals surface area contributed by atoms with Crippen LogP contribution in [0.3, 0.4) is 0 Å². The molecule has 0 aromatic carbocycles. The van der Waals surface area contributed by atoms with Crippen molar-refractivity contribution in [1.29, 1.82) is 0 Å². The first-order chi connectivity index (χ1) is 9.87. The van der Waals surface area contributed by atoms with Gasteiger partial charge in [-0.25, -0.2) is 0 Å². The monoisotopic (exact) mass is 293 g/mol. The number of hydrogen-bond acceptors (Lipinski definition) is 7. The van der Waals surface area contributed by atoms with E-state index in [1.165, 1.54) is 0 Å². The third-order valence-electron chi connectivity index (χ3n) is 3.75. The molecule has 1 aliphatic heterocycles. The van der Waals surface area contributed by atoms with Crippen LogP contribution in [-0.4, -0.2) is 43.5 Å². The highest BCUT2D eigenvalue weighted by molar-refractivity contribution is 5.98. The van der Waals surface area contributed by atoms with Gasteiger partial charge in [-0.05, 0) is 38.8 Å². The van der Waals surface area contributed by atoms with Crippen molar-refractivity contribution < 1.29 is 14.4 Å². The average Bonchev–Trinajstić information content (AvgIpc) is 3.10. The van der Waals surface area contributed by atoms with E-state index in [1.807, 2.05) is 20.8 Å². The molecule has 2 atom stereocenters. The van der Waals surface area contributed by atoms with Gasteiger partial charge in [0.2, 0.25) is 5.82 Å². The lowest BCUT2D eigenvalue weighted by atomic mass is 9.94. The van der Waals surface area contributed by atoms with Crippen LogP contribution in [0.25, 0.3) is 0 Å². The predicted molar refractivity (Wildman–Crippen MR) is 72.3 cm³/mol. The Morgan fingerprint density at radius 1 is 1.48 bits per heavy atom. The Kier molecular flexibility index (Phi) is 3.18. The zero-order valence-corrected chi connectivity index (χ0v) is 12.4. The molecule has 1 aliphatic carbocycles. The van der Waals surface area contributed by atoms with Gasteiger partial charge in [-0.2, -0.15) is 5.21 Å². The zero-order chi connectivity index (χ0) is 15.1. The molecular formula is C13H19N5O3. The molecule has 1 aromatic rings. The summed E-state index contributed by atoms with van der Waals surface area (Å²) >= 11 is 0. The normalized spacial score (nSPS) is 28.5. The van der Waals surface area contributed by atoms with Crippen LogP contribution >= 0.6 is 0 Å². The highest BCUT2D eigenvalue weighted by Crippen LogP contribution is 2.44. The molecule has 1 N–H and O–H groups in total. The first-order valence-electron chi connectivity index (χ1n) is 7.09. The van der Waals surface area contributed by atoms with Crippen molar-refractivity contribution in [3.05, 3.63) is 5.82 Å². The third kappa shape index (κ3) is 2.88. The molecule has 21 heavy (non-hydrogen) atoms. The molecule has 1 fully saturated rings. The maximum Gasteiger partial charge on any atom is 0.309 e. The number of rotatable bonds is 2. The summed E-state index contributed by atoms with van der Waals surface area (Å²) in [6, 6.07) is 0. The largest absolute Gasteiger partial charge is 0.460 e. The molecule has 0 saturated heterocycles. The summed E-state index contributed by atoms with van der Waals surface area (Å²) in [6.07, 6.45) is 2.75. The Bertz CT molecular complexity index is 563. The van der Waals surface area contributed by atoms with Crippen molar-refractivity contribution in [3.8, 4) is 0 Å². The molecule has 8 heteroatoms. The van der Waals surface area contributed by atoms with E-state index < -0.39 is 11.2 Å². The fourth-order valence-electron chi connectivity index (χ4n) is 2.85. The number of nitrogens with zero attached hydrogens (tertiary/aromatic N) is 4. The summed E-state index contributed by atoms with van der Waals surface area (Å²) in [5.41, 5.74) is -0.207. The maximum absolute atomic E-state index is 12.2. The van der Waals surface area contributed by atoms with Crippen molar-refractivity contribution >= 4 is 11.7 Å². The fraction of sp³-hybridized carbons (Fsp3) is 0.769. The summed E-state index contributed by atoms with van der Waals surface area (Å²) in [4.78, 5) is 17.8. The van der Waals surface area contributed by atoms with E-state index in [9.17, 15) is 4.79 Å². The van der Waals surface area contributed by atoms with Crippen molar-refractivity contribution in [1.82, 2.24) is 20.6 Å². The second-order valence-corrected chi connectivity index (χ2v) is 6.70. The minimum absolute atomic E-state index is 0.135. The highest BCUT2D eigenvalue weighted by atomic mass is 16.7. The zero-order valence-electron chi connectivity index (χ0n) is 12.4. The Balaban J connectivity index is 1.62. The van der Waals surface area contributed by atoms with Gasteiger partial charge >= 0.3 is 5.97 Å². The number of tetrazole rings is 1. The van der Waals surface area contributed by atoms with E-state index in [2.05, 4.69) is 25.8 Å². The van der Waals surface area contributed by atoms with E-state index in [0.717, 1.165) is 12.8 Å². The molecule has 8 nitrogen and oxygen atoms in total. The van der Waals surface area contributed by atoms with Crippen molar-refractivity contribution in [2.24, 2.45) is 11.1 Å². The molecule has 1 spiro atoms. The predicted octanol–water partition coefficient (Wildman–Crippen LogP) is 1.20. The Hall–Kier alpha value is -1.99. The number of hydrogen-bond donors (Lipinski definition) is 1. The molecule has 0 bridgehead atoms. The Labute approximate surface area is 122 Å². The molecule has 1 aromatic heterocycles. The summed E-state index contributed by atoms with van der Waals surface area (Å²) in [5.74, 6) is 0.160. The standard InChI is InChI=1S/C13H19N5O3/c1-12(2,3)20-11(19)8-4-5-13(6-8)7-9(16-21-13)10-14-17-18-15-10/h8H,4-7H2,1-3H3,(H,14,15,17,18). The van der Waals surface area contributed by atoms with Crippen LogP contribution in [-0.2, 0) is 14.4 Å². The lowest BCUT2D eigenvalue weighted by molar-refractivity contribution is -0.160. The SMILES string of the molecule is CC(C)(C)OC(=O)C1CCC2(CC(c3nn[nH]n3)=NO2)C1. The Morgan fingerprint density at radius 3 is 2.95 bits per heavy atom. The number of ether oxygens (including phenoxy) is 1. The smallest absolute Gasteiger partial charge is 0.309 e. The lowest BCUT2D eigenvalue weighted by Gasteiger charge is -2.23. The van der Waals surface area contributed by atoms with Crippen molar-refractivity contribution in [2.45, 2.75) is 57.7 Å². The highest BCUT2D eigenvalue weighted by Gasteiger charge is 2.49.